The molecule has 1 saturated carbocycles. The Morgan fingerprint density at radius 1 is 1.33 bits per heavy atom. The first-order chi connectivity index (χ1) is 5.73. The molecular formula is C9H14O3. The zero-order valence-corrected chi connectivity index (χ0v) is 7.34. The van der Waals surface area contributed by atoms with Crippen molar-refractivity contribution in [2.24, 2.45) is 0 Å². The van der Waals surface area contributed by atoms with Crippen molar-refractivity contribution in [3.8, 4) is 0 Å². The summed E-state index contributed by atoms with van der Waals surface area (Å²) < 4.78 is 10.2. The van der Waals surface area contributed by atoms with Crippen molar-refractivity contribution in [1.82, 2.24) is 0 Å². The Bertz CT molecular complexity index is 194. The molecule has 3 nitrogen and oxygen atoms in total. The number of rotatable bonds is 0. The zero-order valence-electron chi connectivity index (χ0n) is 7.34. The van der Waals surface area contributed by atoms with E-state index in [1.54, 1.807) is 0 Å². The Morgan fingerprint density at radius 3 is 2.50 bits per heavy atom. The van der Waals surface area contributed by atoms with Crippen molar-refractivity contribution < 1.29 is 14.3 Å². The van der Waals surface area contributed by atoms with E-state index >= 15 is 0 Å². The van der Waals surface area contributed by atoms with E-state index in [0.29, 0.717) is 0 Å². The number of hydrogen-bond acceptors (Lipinski definition) is 3. The van der Waals surface area contributed by atoms with Crippen molar-refractivity contribution >= 4 is 6.16 Å². The Morgan fingerprint density at radius 2 is 2.00 bits per heavy atom. The number of cyclic esters (lactones) is 1. The van der Waals surface area contributed by atoms with Crippen LogP contribution in [0.1, 0.15) is 39.0 Å². The molecule has 1 spiro atoms. The minimum atomic E-state index is -0.482. The van der Waals surface area contributed by atoms with E-state index < -0.39 is 6.16 Å². The Kier molecular flexibility index (Phi) is 1.74. The van der Waals surface area contributed by atoms with Crippen molar-refractivity contribution in [2.45, 2.75) is 50.7 Å². The van der Waals surface area contributed by atoms with Gasteiger partial charge >= 0.3 is 6.16 Å². The predicted octanol–water partition coefficient (Wildman–Crippen LogP) is 2.24. The molecule has 1 atom stereocenters. The average molecular weight is 170 g/mol. The van der Waals surface area contributed by atoms with Crippen LogP contribution in [-0.4, -0.2) is 17.9 Å². The molecule has 1 heterocycles. The van der Waals surface area contributed by atoms with Crippen LogP contribution in [0.4, 0.5) is 4.79 Å². The van der Waals surface area contributed by atoms with Gasteiger partial charge in [-0.2, -0.15) is 0 Å². The summed E-state index contributed by atoms with van der Waals surface area (Å²) in [4.78, 5) is 10.9. The van der Waals surface area contributed by atoms with Crippen LogP contribution >= 0.6 is 0 Å². The lowest BCUT2D eigenvalue weighted by atomic mass is 9.81. The van der Waals surface area contributed by atoms with Crippen molar-refractivity contribution in [3.05, 3.63) is 0 Å². The Hall–Kier alpha value is -0.730. The summed E-state index contributed by atoms with van der Waals surface area (Å²) in [5.74, 6) is 0. The lowest BCUT2D eigenvalue weighted by Crippen LogP contribution is -2.39. The van der Waals surface area contributed by atoms with Crippen molar-refractivity contribution in [2.75, 3.05) is 0 Å². The van der Waals surface area contributed by atoms with Gasteiger partial charge in [0.15, 0.2) is 5.60 Å². The monoisotopic (exact) mass is 170 g/mol. The summed E-state index contributed by atoms with van der Waals surface area (Å²) in [6.45, 7) is 1.93. The smallest absolute Gasteiger partial charge is 0.427 e. The normalized spacial score (nSPS) is 33.1. The topological polar surface area (TPSA) is 35.5 Å². The van der Waals surface area contributed by atoms with Crippen molar-refractivity contribution in [1.29, 1.82) is 0 Å². The third-order valence-corrected chi connectivity index (χ3v) is 3.00. The van der Waals surface area contributed by atoms with Crippen LogP contribution in [0, 0.1) is 0 Å². The zero-order chi connectivity index (χ0) is 8.60. The summed E-state index contributed by atoms with van der Waals surface area (Å²) >= 11 is 0. The molecule has 2 aliphatic rings. The lowest BCUT2D eigenvalue weighted by molar-refractivity contribution is 0.00128. The van der Waals surface area contributed by atoms with Crippen LogP contribution < -0.4 is 0 Å². The minimum Gasteiger partial charge on any atom is -0.427 e. The molecule has 68 valence electrons. The van der Waals surface area contributed by atoms with E-state index in [1.807, 2.05) is 6.92 Å². The van der Waals surface area contributed by atoms with E-state index in [0.717, 1.165) is 25.7 Å². The molecular weight excluding hydrogens is 156 g/mol. The molecule has 0 amide bonds. The first kappa shape index (κ1) is 7.90. The fraction of sp³-hybridized carbons (Fsp3) is 0.889. The van der Waals surface area contributed by atoms with Crippen LogP contribution in [0.25, 0.3) is 0 Å². The molecule has 0 N–H and O–H groups in total. The third-order valence-electron chi connectivity index (χ3n) is 3.00. The van der Waals surface area contributed by atoms with E-state index in [1.165, 1.54) is 6.42 Å². The van der Waals surface area contributed by atoms with Gasteiger partial charge in [0.05, 0.1) is 0 Å². The van der Waals surface area contributed by atoms with Crippen molar-refractivity contribution in [3.63, 3.8) is 0 Å². The highest BCUT2D eigenvalue weighted by Gasteiger charge is 2.48. The van der Waals surface area contributed by atoms with Gasteiger partial charge in [-0.15, -0.1) is 0 Å². The quantitative estimate of drug-likeness (QED) is 0.523. The van der Waals surface area contributed by atoms with Crippen LogP contribution in [0.15, 0.2) is 0 Å². The van der Waals surface area contributed by atoms with E-state index in [9.17, 15) is 4.79 Å². The average Bonchev–Trinajstić information content (AvgIpc) is 2.29. The Labute approximate surface area is 72.0 Å². The molecule has 0 unspecified atom stereocenters. The molecule has 0 aromatic rings. The summed E-state index contributed by atoms with van der Waals surface area (Å²) in [6, 6.07) is 0. The number of hydrogen-bond donors (Lipinski definition) is 0. The van der Waals surface area contributed by atoms with E-state index in [-0.39, 0.29) is 11.7 Å². The van der Waals surface area contributed by atoms with Gasteiger partial charge in [0.1, 0.15) is 6.10 Å². The van der Waals surface area contributed by atoms with E-state index in [4.69, 9.17) is 9.47 Å². The maximum atomic E-state index is 10.9. The fourth-order valence-corrected chi connectivity index (χ4v) is 2.18. The van der Waals surface area contributed by atoms with Gasteiger partial charge in [-0.05, 0) is 32.6 Å². The maximum Gasteiger partial charge on any atom is 0.509 e. The summed E-state index contributed by atoms with van der Waals surface area (Å²) in [5, 5.41) is 0. The second-order valence-corrected chi connectivity index (χ2v) is 3.74. The van der Waals surface area contributed by atoms with Gasteiger partial charge in [-0.25, -0.2) is 4.79 Å². The molecule has 1 aliphatic heterocycles. The highest BCUT2D eigenvalue weighted by atomic mass is 16.8. The minimum absolute atomic E-state index is 0.0506. The molecule has 3 heteroatoms. The van der Waals surface area contributed by atoms with Crippen LogP contribution in [0.2, 0.25) is 0 Å². The molecule has 0 aromatic carbocycles. The van der Waals surface area contributed by atoms with E-state index in [2.05, 4.69) is 0 Å². The van der Waals surface area contributed by atoms with Gasteiger partial charge < -0.3 is 9.47 Å². The maximum absolute atomic E-state index is 10.9. The largest absolute Gasteiger partial charge is 0.509 e. The molecule has 2 fully saturated rings. The highest BCUT2D eigenvalue weighted by molar-refractivity contribution is 5.63. The summed E-state index contributed by atoms with van der Waals surface area (Å²) in [5.41, 5.74) is -0.269. The first-order valence-corrected chi connectivity index (χ1v) is 4.63. The summed E-state index contributed by atoms with van der Waals surface area (Å²) in [7, 11) is 0. The number of carbonyl (C=O) groups excluding carboxylic acids is 1. The van der Waals surface area contributed by atoms with Gasteiger partial charge in [-0.1, -0.05) is 6.42 Å². The predicted molar refractivity (Wildman–Crippen MR) is 42.8 cm³/mol. The molecule has 0 radical (unpaired) electrons. The highest BCUT2D eigenvalue weighted by Crippen LogP contribution is 2.39. The molecule has 1 aliphatic carbocycles. The molecule has 0 bridgehead atoms. The third kappa shape index (κ3) is 1.08. The second kappa shape index (κ2) is 2.64. The standard InChI is InChI=1S/C9H14O3/c1-7-9(12-8(10)11-7)5-3-2-4-6-9/h7H,2-6H2,1H3/t7-/m1/s1. The van der Waals surface area contributed by atoms with Gasteiger partial charge in [0.25, 0.3) is 0 Å². The van der Waals surface area contributed by atoms with Crippen LogP contribution in [0.3, 0.4) is 0 Å². The molecule has 1 saturated heterocycles. The fourth-order valence-electron chi connectivity index (χ4n) is 2.18. The molecule has 2 rings (SSSR count). The number of ether oxygens (including phenoxy) is 2. The summed E-state index contributed by atoms with van der Waals surface area (Å²) in [6.07, 6.45) is 4.98. The van der Waals surface area contributed by atoms with Gasteiger partial charge in [-0.3, -0.25) is 0 Å². The van der Waals surface area contributed by atoms with Gasteiger partial charge in [0, 0.05) is 0 Å². The number of carbonyl (C=O) groups is 1. The van der Waals surface area contributed by atoms with Gasteiger partial charge in [0.2, 0.25) is 0 Å². The molecule has 12 heavy (non-hydrogen) atoms. The SMILES string of the molecule is C[C@H]1OC(=O)OC12CCCCC2. The lowest BCUT2D eigenvalue weighted by Gasteiger charge is -2.32. The van der Waals surface area contributed by atoms with Crippen LogP contribution in [0.5, 0.6) is 0 Å². The second-order valence-electron chi connectivity index (χ2n) is 3.74. The Balaban J connectivity index is 2.13. The van der Waals surface area contributed by atoms with Crippen LogP contribution in [-0.2, 0) is 9.47 Å². The first-order valence-electron chi connectivity index (χ1n) is 4.63. The molecule has 0 aromatic heterocycles.